The van der Waals surface area contributed by atoms with Gasteiger partial charge in [0, 0.05) is 0 Å². The van der Waals surface area contributed by atoms with E-state index in [1.165, 1.54) is 64.2 Å². The van der Waals surface area contributed by atoms with Crippen molar-refractivity contribution in [1.29, 1.82) is 0 Å². The summed E-state index contributed by atoms with van der Waals surface area (Å²) < 4.78 is 0. The third-order valence-corrected chi connectivity index (χ3v) is 4.63. The Morgan fingerprint density at radius 1 is 0.562 bits per heavy atom. The second kappa shape index (κ2) is 12.3. The molecule has 0 aromatic carbocycles. The van der Waals surface area contributed by atoms with E-state index >= 15 is 0 Å². The minimum atomic E-state index is 0.953. The molecule has 16 heavy (non-hydrogen) atoms. The van der Waals surface area contributed by atoms with Gasteiger partial charge in [-0.3, -0.25) is 0 Å². The van der Waals surface area contributed by atoms with E-state index < -0.39 is 0 Å². The Bertz CT molecular complexity index is 109. The van der Waals surface area contributed by atoms with Gasteiger partial charge >= 0.3 is 0 Å². The zero-order valence-corrected chi connectivity index (χ0v) is 13.7. The summed E-state index contributed by atoms with van der Waals surface area (Å²) in [6.45, 7) is 4.00. The van der Waals surface area contributed by atoms with E-state index in [9.17, 15) is 0 Å². The fourth-order valence-electron chi connectivity index (χ4n) is 2.27. The first-order valence-corrected chi connectivity index (χ1v) is 8.63. The van der Waals surface area contributed by atoms with Gasteiger partial charge in [-0.1, -0.05) is 52.4 Å². The van der Waals surface area contributed by atoms with Crippen molar-refractivity contribution in [2.75, 3.05) is 0 Å². The van der Waals surface area contributed by atoms with Crippen molar-refractivity contribution in [2.24, 2.45) is 0 Å². The van der Waals surface area contributed by atoms with Crippen molar-refractivity contribution in [3.63, 3.8) is 0 Å². The molecule has 0 nitrogen and oxygen atoms in total. The molecule has 0 bridgehead atoms. The first-order chi connectivity index (χ1) is 7.79. The summed E-state index contributed by atoms with van der Waals surface area (Å²) in [7, 11) is 5.81. The molecule has 2 unspecified atom stereocenters. The van der Waals surface area contributed by atoms with Gasteiger partial charge in [0.15, 0.2) is 0 Å². The highest BCUT2D eigenvalue weighted by atomic mass is 31.0. The molecule has 0 amide bonds. The quantitative estimate of drug-likeness (QED) is 0.512. The van der Waals surface area contributed by atoms with Gasteiger partial charge in [-0.15, -0.1) is 18.5 Å². The monoisotopic (exact) mass is 262 g/mol. The topological polar surface area (TPSA) is 0 Å². The van der Waals surface area contributed by atoms with Crippen LogP contribution >= 0.6 is 18.5 Å². The van der Waals surface area contributed by atoms with E-state index in [4.69, 9.17) is 0 Å². The zero-order chi connectivity index (χ0) is 12.2. The maximum absolute atomic E-state index is 2.91. The van der Waals surface area contributed by atoms with Gasteiger partial charge in [0.1, 0.15) is 0 Å². The van der Waals surface area contributed by atoms with Gasteiger partial charge < -0.3 is 0 Å². The second-order valence-corrected chi connectivity index (χ2v) is 6.68. The van der Waals surface area contributed by atoms with Crippen molar-refractivity contribution in [2.45, 2.75) is 89.4 Å². The molecule has 0 saturated heterocycles. The summed E-state index contributed by atoms with van der Waals surface area (Å²) in [6, 6.07) is 0. The molecule has 0 heterocycles. The summed E-state index contributed by atoms with van der Waals surface area (Å²) in [6.07, 6.45) is 14.6. The molecule has 0 spiro atoms. The van der Waals surface area contributed by atoms with Crippen LogP contribution in [-0.2, 0) is 0 Å². The summed E-state index contributed by atoms with van der Waals surface area (Å²) >= 11 is 0. The van der Waals surface area contributed by atoms with E-state index in [2.05, 4.69) is 18.5 Å². The van der Waals surface area contributed by atoms with Crippen LogP contribution in [0, 0.1) is 0 Å². The average molecular weight is 262 g/mol. The molecule has 98 valence electrons. The van der Waals surface area contributed by atoms with E-state index in [0.717, 1.165) is 11.3 Å². The molecular weight excluding hydrogens is 230 g/mol. The molecule has 2 heteroatoms. The van der Waals surface area contributed by atoms with Crippen LogP contribution in [0.2, 0.25) is 0 Å². The minimum Gasteiger partial charge on any atom is -0.134 e. The van der Waals surface area contributed by atoms with Gasteiger partial charge in [0.05, 0.1) is 0 Å². The molecule has 0 aromatic rings. The third kappa shape index (κ3) is 10.0. The first-order valence-electron chi connectivity index (χ1n) is 7.30. The normalized spacial score (nSPS) is 22.5. The van der Waals surface area contributed by atoms with Crippen LogP contribution in [0.1, 0.15) is 78.1 Å². The Balaban J connectivity index is 0.000000244. The zero-order valence-electron chi connectivity index (χ0n) is 11.4. The van der Waals surface area contributed by atoms with Crippen LogP contribution in [0.15, 0.2) is 0 Å². The molecular formula is C14H32P2. The van der Waals surface area contributed by atoms with Crippen molar-refractivity contribution in [1.82, 2.24) is 0 Å². The average Bonchev–Trinajstić information content (AvgIpc) is 2.34. The minimum absolute atomic E-state index is 0.953. The highest BCUT2D eigenvalue weighted by Gasteiger charge is 2.06. The van der Waals surface area contributed by atoms with Crippen molar-refractivity contribution in [3.8, 4) is 0 Å². The van der Waals surface area contributed by atoms with E-state index in [0.29, 0.717) is 0 Å². The third-order valence-electron chi connectivity index (χ3n) is 3.30. The van der Waals surface area contributed by atoms with Gasteiger partial charge in [-0.05, 0) is 37.0 Å². The smallest absolute Gasteiger partial charge is 0.0264 e. The lowest BCUT2D eigenvalue weighted by atomic mass is 10.0. The molecule has 0 aromatic heterocycles. The standard InChI is InChI=1S/2C6H13P.C2H6/c2*7-6-4-2-1-3-5-6;1-2/h2*6H,1-5,7H2;1-2H3. The fraction of sp³-hybridized carbons (Fsp3) is 1.00. The molecule has 2 aliphatic rings. The molecule has 2 saturated carbocycles. The van der Waals surface area contributed by atoms with E-state index in [1.54, 1.807) is 0 Å². The van der Waals surface area contributed by atoms with Crippen LogP contribution in [0.25, 0.3) is 0 Å². The summed E-state index contributed by atoms with van der Waals surface area (Å²) in [5, 5.41) is 0. The SMILES string of the molecule is CC.PC1CCCCC1.PC1CCCCC1. The predicted molar refractivity (Wildman–Crippen MR) is 84.5 cm³/mol. The van der Waals surface area contributed by atoms with Crippen LogP contribution in [-0.4, -0.2) is 11.3 Å². The first kappa shape index (κ1) is 16.9. The Morgan fingerprint density at radius 3 is 0.938 bits per heavy atom. The van der Waals surface area contributed by atoms with E-state index in [1.807, 2.05) is 13.8 Å². The Kier molecular flexibility index (Phi) is 13.0. The highest BCUT2D eigenvalue weighted by molar-refractivity contribution is 7.17. The number of hydrogen-bond acceptors (Lipinski definition) is 0. The Morgan fingerprint density at radius 2 is 0.812 bits per heavy atom. The number of rotatable bonds is 0. The molecule has 0 radical (unpaired) electrons. The Labute approximate surface area is 108 Å². The Hall–Kier alpha value is 0.860. The fourth-order valence-corrected chi connectivity index (χ4v) is 3.21. The summed E-state index contributed by atoms with van der Waals surface area (Å²) in [5.74, 6) is 0. The van der Waals surface area contributed by atoms with Crippen LogP contribution < -0.4 is 0 Å². The lowest BCUT2D eigenvalue weighted by Gasteiger charge is -2.15. The molecule has 2 fully saturated rings. The molecule has 2 rings (SSSR count). The van der Waals surface area contributed by atoms with Crippen molar-refractivity contribution < 1.29 is 0 Å². The van der Waals surface area contributed by atoms with E-state index in [-0.39, 0.29) is 0 Å². The van der Waals surface area contributed by atoms with Crippen LogP contribution in [0.3, 0.4) is 0 Å². The van der Waals surface area contributed by atoms with Crippen molar-refractivity contribution in [3.05, 3.63) is 0 Å². The summed E-state index contributed by atoms with van der Waals surface area (Å²) in [4.78, 5) is 0. The van der Waals surface area contributed by atoms with Crippen molar-refractivity contribution >= 4 is 18.5 Å². The molecule has 2 aliphatic carbocycles. The summed E-state index contributed by atoms with van der Waals surface area (Å²) in [5.41, 5.74) is 1.91. The van der Waals surface area contributed by atoms with Gasteiger partial charge in [0.2, 0.25) is 0 Å². The lowest BCUT2D eigenvalue weighted by molar-refractivity contribution is 0.516. The van der Waals surface area contributed by atoms with Crippen LogP contribution in [0.4, 0.5) is 0 Å². The molecule has 2 atom stereocenters. The van der Waals surface area contributed by atoms with Gasteiger partial charge in [0.25, 0.3) is 0 Å². The maximum atomic E-state index is 2.91. The lowest BCUT2D eigenvalue weighted by Crippen LogP contribution is -2.02. The molecule has 0 aliphatic heterocycles. The van der Waals surface area contributed by atoms with Gasteiger partial charge in [-0.2, -0.15) is 0 Å². The maximum Gasteiger partial charge on any atom is -0.0264 e. The van der Waals surface area contributed by atoms with Crippen LogP contribution in [0.5, 0.6) is 0 Å². The van der Waals surface area contributed by atoms with Gasteiger partial charge in [-0.25, -0.2) is 0 Å². The highest BCUT2D eigenvalue weighted by Crippen LogP contribution is 2.23. The number of hydrogen-bond donors (Lipinski definition) is 0. The predicted octanol–water partition coefficient (Wildman–Crippen LogP) is 5.41. The second-order valence-electron chi connectivity index (χ2n) is 4.80. The molecule has 0 N–H and O–H groups in total. The largest absolute Gasteiger partial charge is 0.134 e.